The highest BCUT2D eigenvalue weighted by Gasteiger charge is 2.36. The lowest BCUT2D eigenvalue weighted by Gasteiger charge is -2.19. The Bertz CT molecular complexity index is 816. The Hall–Kier alpha value is -2.82. The van der Waals surface area contributed by atoms with Crippen LogP contribution in [-0.2, 0) is 9.59 Å². The first-order valence-electron chi connectivity index (χ1n) is 8.31. The van der Waals surface area contributed by atoms with Gasteiger partial charge in [-0.1, -0.05) is 18.2 Å². The van der Waals surface area contributed by atoms with Crippen LogP contribution in [0.2, 0.25) is 0 Å². The Labute approximate surface area is 147 Å². The molecule has 2 aromatic rings. The van der Waals surface area contributed by atoms with Gasteiger partial charge >= 0.3 is 0 Å². The van der Waals surface area contributed by atoms with E-state index in [1.54, 1.807) is 12.0 Å². The van der Waals surface area contributed by atoms with Gasteiger partial charge in [0.1, 0.15) is 5.75 Å². The van der Waals surface area contributed by atoms with Crippen LogP contribution in [0, 0.1) is 19.8 Å². The van der Waals surface area contributed by atoms with E-state index in [2.05, 4.69) is 5.32 Å². The maximum Gasteiger partial charge on any atom is 0.229 e. The number of aryl methyl sites for hydroxylation is 2. The van der Waals surface area contributed by atoms with Gasteiger partial charge in [-0.25, -0.2) is 0 Å². The summed E-state index contributed by atoms with van der Waals surface area (Å²) in [6, 6.07) is 13.2. The molecule has 1 heterocycles. The molecule has 1 atom stereocenters. The van der Waals surface area contributed by atoms with E-state index in [9.17, 15) is 9.59 Å². The van der Waals surface area contributed by atoms with Gasteiger partial charge in [0.05, 0.1) is 18.7 Å². The Morgan fingerprint density at radius 3 is 2.64 bits per heavy atom. The molecule has 1 fully saturated rings. The van der Waals surface area contributed by atoms with Crippen LogP contribution in [0.5, 0.6) is 5.75 Å². The van der Waals surface area contributed by atoms with Crippen molar-refractivity contribution >= 4 is 23.2 Å². The third kappa shape index (κ3) is 3.50. The number of benzene rings is 2. The second kappa shape index (κ2) is 6.97. The molecule has 1 aliphatic heterocycles. The van der Waals surface area contributed by atoms with Crippen molar-refractivity contribution in [3.63, 3.8) is 0 Å². The Kier molecular flexibility index (Phi) is 4.74. The van der Waals surface area contributed by atoms with Crippen molar-refractivity contribution in [2.45, 2.75) is 20.3 Å². The van der Waals surface area contributed by atoms with Crippen LogP contribution >= 0.6 is 0 Å². The number of carbonyl (C=O) groups is 2. The predicted octanol–water partition coefficient (Wildman–Crippen LogP) is 3.30. The van der Waals surface area contributed by atoms with Crippen LogP contribution in [0.3, 0.4) is 0 Å². The minimum atomic E-state index is -0.376. The quantitative estimate of drug-likeness (QED) is 0.930. The van der Waals surface area contributed by atoms with E-state index in [0.29, 0.717) is 18.0 Å². The molecule has 25 heavy (non-hydrogen) atoms. The summed E-state index contributed by atoms with van der Waals surface area (Å²) in [5.74, 6) is 0.0591. The molecular weight excluding hydrogens is 316 g/mol. The molecule has 0 saturated carbocycles. The molecule has 3 rings (SSSR count). The molecule has 2 amide bonds. The first-order chi connectivity index (χ1) is 12.0. The van der Waals surface area contributed by atoms with Gasteiger partial charge in [-0.3, -0.25) is 9.59 Å². The van der Waals surface area contributed by atoms with E-state index >= 15 is 0 Å². The summed E-state index contributed by atoms with van der Waals surface area (Å²) < 4.78 is 5.33. The molecule has 2 aromatic carbocycles. The van der Waals surface area contributed by atoms with Gasteiger partial charge in [0.2, 0.25) is 11.8 Å². The number of hydrogen-bond acceptors (Lipinski definition) is 3. The Morgan fingerprint density at radius 2 is 1.92 bits per heavy atom. The third-order valence-corrected chi connectivity index (χ3v) is 4.65. The third-order valence-electron chi connectivity index (χ3n) is 4.65. The van der Waals surface area contributed by atoms with Crippen LogP contribution in [0.25, 0.3) is 0 Å². The van der Waals surface area contributed by atoms with E-state index in [-0.39, 0.29) is 24.2 Å². The molecular formula is C20H22N2O3. The minimum absolute atomic E-state index is 0.0651. The van der Waals surface area contributed by atoms with Crippen molar-refractivity contribution in [1.82, 2.24) is 0 Å². The average molecular weight is 338 g/mol. The molecule has 1 N–H and O–H groups in total. The van der Waals surface area contributed by atoms with Gasteiger partial charge in [0.15, 0.2) is 0 Å². The van der Waals surface area contributed by atoms with Crippen molar-refractivity contribution in [3.05, 3.63) is 53.6 Å². The molecule has 5 heteroatoms. The number of hydrogen-bond donors (Lipinski definition) is 1. The number of para-hydroxylation sites is 2. The van der Waals surface area contributed by atoms with E-state index in [1.165, 1.54) is 5.56 Å². The second-order valence-electron chi connectivity index (χ2n) is 6.37. The molecule has 0 radical (unpaired) electrons. The highest BCUT2D eigenvalue weighted by atomic mass is 16.5. The van der Waals surface area contributed by atoms with Crippen molar-refractivity contribution in [1.29, 1.82) is 0 Å². The zero-order valence-corrected chi connectivity index (χ0v) is 14.7. The van der Waals surface area contributed by atoms with Gasteiger partial charge in [-0.15, -0.1) is 0 Å². The summed E-state index contributed by atoms with van der Waals surface area (Å²) in [6.45, 7) is 4.39. The highest BCUT2D eigenvalue weighted by Crippen LogP contribution is 2.33. The predicted molar refractivity (Wildman–Crippen MR) is 98.0 cm³/mol. The molecule has 0 bridgehead atoms. The van der Waals surface area contributed by atoms with Gasteiger partial charge in [0.25, 0.3) is 0 Å². The Balaban J connectivity index is 1.73. The summed E-state index contributed by atoms with van der Waals surface area (Å²) >= 11 is 0. The molecule has 5 nitrogen and oxygen atoms in total. The summed E-state index contributed by atoms with van der Waals surface area (Å²) in [5, 5.41) is 2.92. The topological polar surface area (TPSA) is 58.6 Å². The maximum atomic E-state index is 12.6. The zero-order valence-electron chi connectivity index (χ0n) is 14.7. The van der Waals surface area contributed by atoms with Crippen LogP contribution in [-0.4, -0.2) is 25.5 Å². The molecule has 1 unspecified atom stereocenters. The average Bonchev–Trinajstić information content (AvgIpc) is 3.00. The number of rotatable bonds is 4. The highest BCUT2D eigenvalue weighted by molar-refractivity contribution is 6.04. The van der Waals surface area contributed by atoms with Crippen LogP contribution in [0.4, 0.5) is 11.4 Å². The summed E-state index contributed by atoms with van der Waals surface area (Å²) in [7, 11) is 1.57. The monoisotopic (exact) mass is 338 g/mol. The fourth-order valence-corrected chi connectivity index (χ4v) is 3.03. The molecule has 0 spiro atoms. The van der Waals surface area contributed by atoms with Gasteiger partial charge in [-0.05, 0) is 49.2 Å². The number of anilines is 2. The first-order valence-corrected chi connectivity index (χ1v) is 8.31. The summed E-state index contributed by atoms with van der Waals surface area (Å²) in [6.07, 6.45) is 0.203. The second-order valence-corrected chi connectivity index (χ2v) is 6.37. The lowest BCUT2D eigenvalue weighted by Crippen LogP contribution is -2.28. The summed E-state index contributed by atoms with van der Waals surface area (Å²) in [5.41, 5.74) is 3.76. The molecule has 130 valence electrons. The Morgan fingerprint density at radius 1 is 1.16 bits per heavy atom. The van der Waals surface area contributed by atoms with E-state index < -0.39 is 0 Å². The number of nitrogens with zero attached hydrogens (tertiary/aromatic N) is 1. The molecule has 1 aliphatic rings. The van der Waals surface area contributed by atoms with Gasteiger partial charge < -0.3 is 15.0 Å². The number of methoxy groups -OCH3 is 1. The lowest BCUT2D eigenvalue weighted by atomic mass is 10.1. The number of carbonyl (C=O) groups excluding carboxylic acids is 2. The number of nitrogens with one attached hydrogen (secondary N) is 1. The molecule has 1 saturated heterocycles. The fraction of sp³-hybridized carbons (Fsp3) is 0.300. The van der Waals surface area contributed by atoms with Gasteiger partial charge in [0, 0.05) is 18.7 Å². The number of ether oxygens (including phenoxy) is 1. The minimum Gasteiger partial charge on any atom is -0.495 e. The first kappa shape index (κ1) is 17.0. The van der Waals surface area contributed by atoms with Crippen molar-refractivity contribution in [2.24, 2.45) is 5.92 Å². The lowest BCUT2D eigenvalue weighted by molar-refractivity contribution is -0.122. The smallest absolute Gasteiger partial charge is 0.229 e. The van der Waals surface area contributed by atoms with Crippen molar-refractivity contribution in [2.75, 3.05) is 23.9 Å². The maximum absolute atomic E-state index is 12.6. The van der Waals surface area contributed by atoms with Crippen LogP contribution in [0.1, 0.15) is 17.5 Å². The largest absolute Gasteiger partial charge is 0.495 e. The molecule has 0 aliphatic carbocycles. The van der Waals surface area contributed by atoms with Crippen molar-refractivity contribution < 1.29 is 14.3 Å². The SMILES string of the molecule is COc1ccccc1N1CC(C(=O)Nc2ccc(C)c(C)c2)CC1=O. The van der Waals surface area contributed by atoms with Crippen LogP contribution in [0.15, 0.2) is 42.5 Å². The fourth-order valence-electron chi connectivity index (χ4n) is 3.03. The standard InChI is InChI=1S/C20H22N2O3/c1-13-8-9-16(10-14(13)2)21-20(24)15-11-19(23)22(12-15)17-6-4-5-7-18(17)25-3/h4-10,15H,11-12H2,1-3H3,(H,21,24). The van der Waals surface area contributed by atoms with E-state index in [0.717, 1.165) is 11.3 Å². The summed E-state index contributed by atoms with van der Waals surface area (Å²) in [4.78, 5) is 26.6. The van der Waals surface area contributed by atoms with E-state index in [4.69, 9.17) is 4.74 Å². The van der Waals surface area contributed by atoms with Crippen molar-refractivity contribution in [3.8, 4) is 5.75 Å². The van der Waals surface area contributed by atoms with E-state index in [1.807, 2.05) is 56.3 Å². The zero-order chi connectivity index (χ0) is 18.0. The van der Waals surface area contributed by atoms with Crippen LogP contribution < -0.4 is 15.0 Å². The molecule has 0 aromatic heterocycles. The number of amides is 2. The normalized spacial score (nSPS) is 16.8. The van der Waals surface area contributed by atoms with Gasteiger partial charge in [-0.2, -0.15) is 0 Å².